The monoisotopic (exact) mass is 226 g/mol. The normalized spacial score (nSPS) is 45.4. The van der Waals surface area contributed by atoms with Crippen LogP contribution in [0.15, 0.2) is 0 Å². The van der Waals surface area contributed by atoms with Crippen molar-refractivity contribution in [3.8, 4) is 0 Å². The molecule has 2 fully saturated rings. The van der Waals surface area contributed by atoms with Crippen molar-refractivity contribution in [3.05, 3.63) is 0 Å². The van der Waals surface area contributed by atoms with Crippen molar-refractivity contribution in [1.29, 1.82) is 0 Å². The van der Waals surface area contributed by atoms with Crippen LogP contribution in [0.1, 0.15) is 40.0 Å². The minimum absolute atomic E-state index is 0.0400. The third kappa shape index (κ3) is 1.33. The molecule has 16 heavy (non-hydrogen) atoms. The molecule has 0 aliphatic heterocycles. The third-order valence-corrected chi connectivity index (χ3v) is 4.95. The SMILES string of the molecule is COC(=O)[C@H]1CC(C)(C)[C@@H]2CC[C@H](C)[C@]12O. The van der Waals surface area contributed by atoms with E-state index in [0.717, 1.165) is 19.3 Å². The number of carbonyl (C=O) groups excluding carboxylic acids is 1. The smallest absolute Gasteiger partial charge is 0.311 e. The molecule has 1 N–H and O–H groups in total. The maximum Gasteiger partial charge on any atom is 0.311 e. The molecule has 3 heteroatoms. The van der Waals surface area contributed by atoms with Crippen molar-refractivity contribution in [2.75, 3.05) is 7.11 Å². The highest BCUT2D eigenvalue weighted by Crippen LogP contribution is 2.61. The topological polar surface area (TPSA) is 46.5 Å². The molecular weight excluding hydrogens is 204 g/mol. The second-order valence-corrected chi connectivity index (χ2v) is 6.19. The van der Waals surface area contributed by atoms with E-state index in [9.17, 15) is 9.90 Å². The summed E-state index contributed by atoms with van der Waals surface area (Å²) in [6.45, 7) is 6.37. The van der Waals surface area contributed by atoms with Crippen molar-refractivity contribution in [3.63, 3.8) is 0 Å². The van der Waals surface area contributed by atoms with Crippen LogP contribution >= 0.6 is 0 Å². The first-order valence-electron chi connectivity index (χ1n) is 6.14. The molecule has 2 saturated carbocycles. The zero-order chi connectivity index (χ0) is 12.1. The van der Waals surface area contributed by atoms with E-state index in [-0.39, 0.29) is 29.1 Å². The van der Waals surface area contributed by atoms with E-state index in [2.05, 4.69) is 20.8 Å². The summed E-state index contributed by atoms with van der Waals surface area (Å²) in [6, 6.07) is 0. The number of hydrogen-bond acceptors (Lipinski definition) is 3. The lowest BCUT2D eigenvalue weighted by Gasteiger charge is -2.34. The van der Waals surface area contributed by atoms with Crippen LogP contribution in [-0.2, 0) is 9.53 Å². The molecule has 0 bridgehead atoms. The first kappa shape index (κ1) is 11.9. The molecule has 0 aromatic rings. The molecule has 0 saturated heterocycles. The maximum atomic E-state index is 11.8. The summed E-state index contributed by atoms with van der Waals surface area (Å²) in [5, 5.41) is 10.9. The van der Waals surface area contributed by atoms with Gasteiger partial charge < -0.3 is 9.84 Å². The van der Waals surface area contributed by atoms with Crippen LogP contribution in [0.25, 0.3) is 0 Å². The highest BCUT2D eigenvalue weighted by molar-refractivity contribution is 5.74. The summed E-state index contributed by atoms with van der Waals surface area (Å²) in [6.07, 6.45) is 2.78. The van der Waals surface area contributed by atoms with Gasteiger partial charge in [-0.1, -0.05) is 20.8 Å². The molecule has 0 radical (unpaired) electrons. The summed E-state index contributed by atoms with van der Waals surface area (Å²) in [7, 11) is 1.41. The van der Waals surface area contributed by atoms with Crippen LogP contribution in [0.5, 0.6) is 0 Å². The zero-order valence-electron chi connectivity index (χ0n) is 10.6. The lowest BCUT2D eigenvalue weighted by molar-refractivity contribution is -0.157. The molecule has 0 unspecified atom stereocenters. The Kier molecular flexibility index (Phi) is 2.57. The van der Waals surface area contributed by atoms with Crippen LogP contribution in [0.3, 0.4) is 0 Å². The highest BCUT2D eigenvalue weighted by atomic mass is 16.5. The van der Waals surface area contributed by atoms with Gasteiger partial charge in [0.25, 0.3) is 0 Å². The van der Waals surface area contributed by atoms with Gasteiger partial charge >= 0.3 is 5.97 Å². The highest BCUT2D eigenvalue weighted by Gasteiger charge is 2.65. The number of hydrogen-bond donors (Lipinski definition) is 1. The molecule has 3 nitrogen and oxygen atoms in total. The van der Waals surface area contributed by atoms with Gasteiger partial charge in [-0.15, -0.1) is 0 Å². The zero-order valence-corrected chi connectivity index (χ0v) is 10.6. The standard InChI is InChI=1S/C13H22O3/c1-8-5-6-10-12(2,3)7-9(11(14)16-4)13(8,10)15/h8-10,15H,5-7H2,1-4H3/t8-,9+,10-,13-/m0/s1. The number of aliphatic hydroxyl groups is 1. The second kappa shape index (κ2) is 3.46. The van der Waals surface area contributed by atoms with E-state index in [4.69, 9.17) is 4.74 Å². The Morgan fingerprint density at radius 3 is 2.56 bits per heavy atom. The molecule has 2 rings (SSSR count). The fraction of sp³-hybridized carbons (Fsp3) is 0.923. The maximum absolute atomic E-state index is 11.8. The van der Waals surface area contributed by atoms with Gasteiger partial charge in [0.15, 0.2) is 0 Å². The van der Waals surface area contributed by atoms with Gasteiger partial charge in [0.2, 0.25) is 0 Å². The van der Waals surface area contributed by atoms with Crippen molar-refractivity contribution in [1.82, 2.24) is 0 Å². The summed E-state index contributed by atoms with van der Waals surface area (Å²) in [4.78, 5) is 11.8. The Morgan fingerprint density at radius 2 is 2.00 bits per heavy atom. The predicted molar refractivity (Wildman–Crippen MR) is 60.7 cm³/mol. The van der Waals surface area contributed by atoms with Crippen LogP contribution in [0, 0.1) is 23.2 Å². The van der Waals surface area contributed by atoms with Gasteiger partial charge in [-0.05, 0) is 36.5 Å². The van der Waals surface area contributed by atoms with E-state index in [0.29, 0.717) is 0 Å². The van der Waals surface area contributed by atoms with Gasteiger partial charge in [-0.2, -0.15) is 0 Å². The Bertz CT molecular complexity index is 310. The molecule has 0 amide bonds. The van der Waals surface area contributed by atoms with Gasteiger partial charge in [0, 0.05) is 0 Å². The van der Waals surface area contributed by atoms with Crippen molar-refractivity contribution < 1.29 is 14.6 Å². The third-order valence-electron chi connectivity index (χ3n) is 4.95. The number of methoxy groups -OCH3 is 1. The number of carbonyl (C=O) groups is 1. The molecule has 4 atom stereocenters. The Hall–Kier alpha value is -0.570. The molecular formula is C13H22O3. The van der Waals surface area contributed by atoms with Crippen LogP contribution in [0.2, 0.25) is 0 Å². The number of ether oxygens (including phenoxy) is 1. The molecule has 0 aromatic carbocycles. The van der Waals surface area contributed by atoms with Gasteiger partial charge in [0.1, 0.15) is 0 Å². The lowest BCUT2D eigenvalue weighted by atomic mass is 9.76. The van der Waals surface area contributed by atoms with Crippen LogP contribution in [-0.4, -0.2) is 23.8 Å². The molecule has 0 heterocycles. The Labute approximate surface area is 97.2 Å². The second-order valence-electron chi connectivity index (χ2n) is 6.19. The summed E-state index contributed by atoms with van der Waals surface area (Å²) in [5.41, 5.74) is -0.797. The fourth-order valence-corrected chi connectivity index (χ4v) is 4.07. The van der Waals surface area contributed by atoms with Gasteiger partial charge in [-0.25, -0.2) is 0 Å². The predicted octanol–water partition coefficient (Wildman–Crippen LogP) is 1.98. The number of esters is 1. The van der Waals surface area contributed by atoms with Crippen LogP contribution < -0.4 is 0 Å². The molecule has 0 spiro atoms. The quantitative estimate of drug-likeness (QED) is 0.695. The van der Waals surface area contributed by atoms with E-state index >= 15 is 0 Å². The van der Waals surface area contributed by atoms with Crippen LogP contribution in [0.4, 0.5) is 0 Å². The minimum atomic E-state index is -0.837. The first-order valence-corrected chi connectivity index (χ1v) is 6.14. The van der Waals surface area contributed by atoms with Gasteiger partial charge in [-0.3, -0.25) is 4.79 Å². The van der Waals surface area contributed by atoms with Crippen molar-refractivity contribution in [2.45, 2.75) is 45.6 Å². The van der Waals surface area contributed by atoms with E-state index in [1.807, 2.05) is 0 Å². The first-order chi connectivity index (χ1) is 7.34. The Balaban J connectivity index is 2.38. The van der Waals surface area contributed by atoms with Crippen molar-refractivity contribution in [2.24, 2.45) is 23.2 Å². The number of fused-ring (bicyclic) bond motifs is 1. The molecule has 92 valence electrons. The number of rotatable bonds is 1. The molecule has 2 aliphatic rings. The lowest BCUT2D eigenvalue weighted by Crippen LogP contribution is -2.45. The average Bonchev–Trinajstić information content (AvgIpc) is 2.62. The van der Waals surface area contributed by atoms with Gasteiger partial charge in [0.05, 0.1) is 18.6 Å². The largest absolute Gasteiger partial charge is 0.469 e. The molecule has 2 aliphatic carbocycles. The Morgan fingerprint density at radius 1 is 1.38 bits per heavy atom. The van der Waals surface area contributed by atoms with E-state index < -0.39 is 5.60 Å². The summed E-state index contributed by atoms with van der Waals surface area (Å²) >= 11 is 0. The summed E-state index contributed by atoms with van der Waals surface area (Å²) < 4.78 is 4.85. The fourth-order valence-electron chi connectivity index (χ4n) is 4.07. The van der Waals surface area contributed by atoms with E-state index in [1.165, 1.54) is 7.11 Å². The minimum Gasteiger partial charge on any atom is -0.469 e. The molecule has 0 aromatic heterocycles. The van der Waals surface area contributed by atoms with Crippen molar-refractivity contribution >= 4 is 5.97 Å². The van der Waals surface area contributed by atoms with E-state index in [1.54, 1.807) is 0 Å². The summed E-state index contributed by atoms with van der Waals surface area (Å²) in [5.74, 6) is -0.149. The average molecular weight is 226 g/mol.